The van der Waals surface area contributed by atoms with Crippen molar-refractivity contribution in [1.29, 1.82) is 0 Å². The molecule has 0 heterocycles. The summed E-state index contributed by atoms with van der Waals surface area (Å²) in [5.74, 6) is 2.33. The molecule has 1 atom stereocenters. The standard InChI is InChI=1S/C16H27NO/c1-5-9-17-12-15(13(2)3)10-14-7-6-8-16(11-14)18-4/h6-8,11,13,15,17H,5,9-10,12H2,1-4H3. The van der Waals surface area contributed by atoms with Crippen LogP contribution in [0.2, 0.25) is 0 Å². The minimum Gasteiger partial charge on any atom is -0.497 e. The summed E-state index contributed by atoms with van der Waals surface area (Å²) >= 11 is 0. The predicted molar refractivity (Wildman–Crippen MR) is 78.2 cm³/mol. The molecule has 2 heteroatoms. The van der Waals surface area contributed by atoms with Gasteiger partial charge >= 0.3 is 0 Å². The van der Waals surface area contributed by atoms with E-state index in [1.807, 2.05) is 6.07 Å². The van der Waals surface area contributed by atoms with Gasteiger partial charge in [0.1, 0.15) is 5.75 Å². The van der Waals surface area contributed by atoms with E-state index in [9.17, 15) is 0 Å². The molecule has 1 rings (SSSR count). The van der Waals surface area contributed by atoms with Crippen molar-refractivity contribution in [3.8, 4) is 5.75 Å². The maximum Gasteiger partial charge on any atom is 0.119 e. The minimum atomic E-state index is 0.684. The first-order valence-corrected chi connectivity index (χ1v) is 7.01. The third-order valence-corrected chi connectivity index (χ3v) is 3.41. The van der Waals surface area contributed by atoms with Crippen LogP contribution >= 0.6 is 0 Å². The van der Waals surface area contributed by atoms with E-state index in [-0.39, 0.29) is 0 Å². The van der Waals surface area contributed by atoms with Gasteiger partial charge in [-0.1, -0.05) is 32.9 Å². The normalized spacial score (nSPS) is 12.7. The van der Waals surface area contributed by atoms with Gasteiger partial charge in [-0.3, -0.25) is 0 Å². The molecule has 0 fully saturated rings. The highest BCUT2D eigenvalue weighted by molar-refractivity contribution is 5.28. The fourth-order valence-electron chi connectivity index (χ4n) is 2.11. The molecule has 0 aromatic heterocycles. The highest BCUT2D eigenvalue weighted by Gasteiger charge is 2.13. The molecule has 0 aliphatic rings. The number of benzene rings is 1. The third kappa shape index (κ3) is 5.09. The molecule has 18 heavy (non-hydrogen) atoms. The molecular formula is C16H27NO. The quantitative estimate of drug-likeness (QED) is 0.712. The van der Waals surface area contributed by atoms with E-state index in [4.69, 9.17) is 4.74 Å². The molecule has 0 amide bonds. The zero-order valence-electron chi connectivity index (χ0n) is 12.2. The molecule has 0 saturated carbocycles. The van der Waals surface area contributed by atoms with Gasteiger partial charge in [0.25, 0.3) is 0 Å². The summed E-state index contributed by atoms with van der Waals surface area (Å²) in [6.07, 6.45) is 2.32. The summed E-state index contributed by atoms with van der Waals surface area (Å²) in [5, 5.41) is 3.53. The number of hydrogen-bond donors (Lipinski definition) is 1. The molecular weight excluding hydrogens is 222 g/mol. The van der Waals surface area contributed by atoms with Crippen LogP contribution in [-0.4, -0.2) is 20.2 Å². The number of nitrogens with one attached hydrogen (secondary N) is 1. The fraction of sp³-hybridized carbons (Fsp3) is 0.625. The van der Waals surface area contributed by atoms with Crippen molar-refractivity contribution in [2.45, 2.75) is 33.6 Å². The van der Waals surface area contributed by atoms with E-state index >= 15 is 0 Å². The second-order valence-electron chi connectivity index (χ2n) is 5.26. The monoisotopic (exact) mass is 249 g/mol. The molecule has 0 saturated heterocycles. The maximum atomic E-state index is 5.28. The summed E-state index contributed by atoms with van der Waals surface area (Å²) < 4.78 is 5.28. The van der Waals surface area contributed by atoms with Crippen LogP contribution in [0.15, 0.2) is 24.3 Å². The molecule has 2 nitrogen and oxygen atoms in total. The van der Waals surface area contributed by atoms with Crippen molar-refractivity contribution < 1.29 is 4.74 Å². The van der Waals surface area contributed by atoms with E-state index in [1.165, 1.54) is 12.0 Å². The number of hydrogen-bond acceptors (Lipinski definition) is 2. The van der Waals surface area contributed by atoms with Gasteiger partial charge in [-0.05, 0) is 55.5 Å². The van der Waals surface area contributed by atoms with Gasteiger partial charge in [0.2, 0.25) is 0 Å². The van der Waals surface area contributed by atoms with Gasteiger partial charge in [-0.25, -0.2) is 0 Å². The second-order valence-corrected chi connectivity index (χ2v) is 5.26. The van der Waals surface area contributed by atoms with Crippen LogP contribution in [0, 0.1) is 11.8 Å². The third-order valence-electron chi connectivity index (χ3n) is 3.41. The zero-order valence-corrected chi connectivity index (χ0v) is 12.2. The first-order chi connectivity index (χ1) is 8.67. The molecule has 1 aromatic carbocycles. The Hall–Kier alpha value is -1.02. The lowest BCUT2D eigenvalue weighted by Crippen LogP contribution is -2.28. The first kappa shape index (κ1) is 15.0. The summed E-state index contributed by atoms with van der Waals surface area (Å²) in [7, 11) is 1.72. The van der Waals surface area contributed by atoms with Gasteiger partial charge in [0, 0.05) is 0 Å². The van der Waals surface area contributed by atoms with Gasteiger partial charge in [-0.15, -0.1) is 0 Å². The van der Waals surface area contributed by atoms with Gasteiger partial charge in [0.15, 0.2) is 0 Å². The molecule has 0 aliphatic heterocycles. The highest BCUT2D eigenvalue weighted by atomic mass is 16.5. The lowest BCUT2D eigenvalue weighted by molar-refractivity contribution is 0.360. The molecule has 0 radical (unpaired) electrons. The van der Waals surface area contributed by atoms with E-state index < -0.39 is 0 Å². The minimum absolute atomic E-state index is 0.684. The second kappa shape index (κ2) is 8.15. The van der Waals surface area contributed by atoms with Crippen LogP contribution in [0.1, 0.15) is 32.8 Å². The fourth-order valence-corrected chi connectivity index (χ4v) is 2.11. The molecule has 102 valence electrons. The Morgan fingerprint density at radius 3 is 2.67 bits per heavy atom. The Morgan fingerprint density at radius 2 is 2.06 bits per heavy atom. The predicted octanol–water partition coefficient (Wildman–Crippen LogP) is 3.51. The largest absolute Gasteiger partial charge is 0.497 e. The Kier molecular flexibility index (Phi) is 6.81. The van der Waals surface area contributed by atoms with Crippen LogP contribution in [0.3, 0.4) is 0 Å². The van der Waals surface area contributed by atoms with Gasteiger partial charge in [-0.2, -0.15) is 0 Å². The number of methoxy groups -OCH3 is 1. The number of rotatable bonds is 8. The lowest BCUT2D eigenvalue weighted by atomic mass is 9.89. The first-order valence-electron chi connectivity index (χ1n) is 7.01. The Balaban J connectivity index is 2.58. The zero-order chi connectivity index (χ0) is 13.4. The Morgan fingerprint density at radius 1 is 1.28 bits per heavy atom. The molecule has 0 bridgehead atoms. The average molecular weight is 249 g/mol. The molecule has 0 spiro atoms. The van der Waals surface area contributed by atoms with Crippen LogP contribution in [0.25, 0.3) is 0 Å². The van der Waals surface area contributed by atoms with Crippen LogP contribution in [-0.2, 0) is 6.42 Å². The highest BCUT2D eigenvalue weighted by Crippen LogP contribution is 2.20. The van der Waals surface area contributed by atoms with Crippen molar-refractivity contribution >= 4 is 0 Å². The molecule has 1 N–H and O–H groups in total. The lowest BCUT2D eigenvalue weighted by Gasteiger charge is -2.21. The summed E-state index contributed by atoms with van der Waals surface area (Å²) in [6.45, 7) is 9.03. The van der Waals surface area contributed by atoms with Crippen LogP contribution in [0.4, 0.5) is 0 Å². The van der Waals surface area contributed by atoms with Crippen molar-refractivity contribution in [3.63, 3.8) is 0 Å². The van der Waals surface area contributed by atoms with Gasteiger partial charge in [0.05, 0.1) is 7.11 Å². The summed E-state index contributed by atoms with van der Waals surface area (Å²) in [4.78, 5) is 0. The number of ether oxygens (including phenoxy) is 1. The Bertz CT molecular complexity index is 336. The topological polar surface area (TPSA) is 21.3 Å². The van der Waals surface area contributed by atoms with Crippen molar-refractivity contribution in [2.24, 2.45) is 11.8 Å². The van der Waals surface area contributed by atoms with E-state index in [1.54, 1.807) is 7.11 Å². The maximum absolute atomic E-state index is 5.28. The van der Waals surface area contributed by atoms with Crippen molar-refractivity contribution in [2.75, 3.05) is 20.2 Å². The molecule has 1 aromatic rings. The molecule has 1 unspecified atom stereocenters. The van der Waals surface area contributed by atoms with E-state index in [0.29, 0.717) is 11.8 Å². The van der Waals surface area contributed by atoms with Crippen molar-refractivity contribution in [1.82, 2.24) is 5.32 Å². The van der Waals surface area contributed by atoms with Gasteiger partial charge < -0.3 is 10.1 Å². The van der Waals surface area contributed by atoms with Crippen molar-refractivity contribution in [3.05, 3.63) is 29.8 Å². The van der Waals surface area contributed by atoms with Crippen LogP contribution < -0.4 is 10.1 Å². The van der Waals surface area contributed by atoms with Crippen LogP contribution in [0.5, 0.6) is 5.75 Å². The average Bonchev–Trinajstić information content (AvgIpc) is 2.38. The molecule has 0 aliphatic carbocycles. The van der Waals surface area contributed by atoms with E-state index in [0.717, 1.165) is 25.3 Å². The summed E-state index contributed by atoms with van der Waals surface area (Å²) in [6, 6.07) is 8.42. The van der Waals surface area contributed by atoms with E-state index in [2.05, 4.69) is 44.3 Å². The summed E-state index contributed by atoms with van der Waals surface area (Å²) in [5.41, 5.74) is 1.37. The SMILES string of the molecule is CCCNCC(Cc1cccc(OC)c1)C(C)C. The smallest absolute Gasteiger partial charge is 0.119 e. The Labute approximate surface area is 112 Å².